The molecule has 0 bridgehead atoms. The van der Waals surface area contributed by atoms with Crippen LogP contribution in [-0.2, 0) is 5.75 Å². The lowest BCUT2D eigenvalue weighted by Gasteiger charge is -2.01. The highest BCUT2D eigenvalue weighted by Crippen LogP contribution is 2.27. The highest BCUT2D eigenvalue weighted by Gasteiger charge is 2.03. The topological polar surface area (TPSA) is 37.3 Å². The van der Waals surface area contributed by atoms with E-state index in [-0.39, 0.29) is 0 Å². The second kappa shape index (κ2) is 5.18. The van der Waals surface area contributed by atoms with E-state index < -0.39 is 5.97 Å². The first-order valence-corrected chi connectivity index (χ1v) is 6.61. The minimum Gasteiger partial charge on any atom is -0.478 e. The summed E-state index contributed by atoms with van der Waals surface area (Å²) in [6, 6.07) is 11.2. The van der Waals surface area contributed by atoms with E-state index in [4.69, 9.17) is 5.11 Å². The molecule has 0 saturated carbocycles. The Morgan fingerprint density at radius 1 is 1.31 bits per heavy atom. The highest BCUT2D eigenvalue weighted by molar-refractivity contribution is 8.00. The Kier molecular flexibility index (Phi) is 3.64. The molecule has 0 amide bonds. The van der Waals surface area contributed by atoms with Crippen molar-refractivity contribution in [2.75, 3.05) is 0 Å². The van der Waals surface area contributed by atoms with E-state index in [1.807, 2.05) is 17.5 Å². The first-order valence-electron chi connectivity index (χ1n) is 4.74. The fourth-order valence-electron chi connectivity index (χ4n) is 1.29. The molecular formula is C12H10O2S2. The molecule has 0 saturated heterocycles. The second-order valence-corrected chi connectivity index (χ2v) is 5.45. The van der Waals surface area contributed by atoms with Crippen molar-refractivity contribution in [3.63, 3.8) is 0 Å². The summed E-state index contributed by atoms with van der Waals surface area (Å²) in [7, 11) is 0. The summed E-state index contributed by atoms with van der Waals surface area (Å²) >= 11 is 3.43. The number of hydrogen-bond donors (Lipinski definition) is 1. The zero-order chi connectivity index (χ0) is 11.4. The van der Waals surface area contributed by atoms with Crippen molar-refractivity contribution >= 4 is 29.1 Å². The van der Waals surface area contributed by atoms with Gasteiger partial charge >= 0.3 is 5.97 Å². The third-order valence-electron chi connectivity index (χ3n) is 2.05. The second-order valence-electron chi connectivity index (χ2n) is 3.23. The van der Waals surface area contributed by atoms with Crippen molar-refractivity contribution in [1.29, 1.82) is 0 Å². The molecule has 2 rings (SSSR count). The molecule has 16 heavy (non-hydrogen) atoms. The lowest BCUT2D eigenvalue weighted by atomic mass is 10.1. The van der Waals surface area contributed by atoms with Crippen LogP contribution in [-0.4, -0.2) is 11.1 Å². The molecule has 0 fully saturated rings. The maximum absolute atomic E-state index is 10.8. The number of rotatable bonds is 4. The largest absolute Gasteiger partial charge is 0.478 e. The number of benzene rings is 1. The van der Waals surface area contributed by atoms with Crippen molar-refractivity contribution in [2.24, 2.45) is 0 Å². The Morgan fingerprint density at radius 2 is 2.19 bits per heavy atom. The fraction of sp³-hybridized carbons (Fsp3) is 0.0833. The minimum atomic E-state index is -0.872. The zero-order valence-corrected chi connectivity index (χ0v) is 10.1. The van der Waals surface area contributed by atoms with E-state index in [1.54, 1.807) is 41.3 Å². The molecule has 0 unspecified atom stereocenters. The molecule has 0 aliphatic heterocycles. The van der Waals surface area contributed by atoms with Gasteiger partial charge in [0.05, 0.1) is 9.77 Å². The Labute approximate surface area is 102 Å². The molecule has 0 atom stereocenters. The van der Waals surface area contributed by atoms with Crippen molar-refractivity contribution < 1.29 is 9.90 Å². The number of hydrogen-bond acceptors (Lipinski definition) is 3. The number of thiophene rings is 1. The van der Waals surface area contributed by atoms with Crippen LogP contribution in [0.3, 0.4) is 0 Å². The maximum Gasteiger partial charge on any atom is 0.335 e. The summed E-state index contributed by atoms with van der Waals surface area (Å²) in [6.45, 7) is 0. The molecule has 0 radical (unpaired) electrons. The molecule has 0 spiro atoms. The van der Waals surface area contributed by atoms with Gasteiger partial charge in [0.15, 0.2) is 0 Å². The van der Waals surface area contributed by atoms with Crippen LogP contribution in [0.25, 0.3) is 0 Å². The molecular weight excluding hydrogens is 240 g/mol. The highest BCUT2D eigenvalue weighted by atomic mass is 32.2. The molecule has 82 valence electrons. The number of thioether (sulfide) groups is 1. The van der Waals surface area contributed by atoms with Gasteiger partial charge in [0, 0.05) is 5.75 Å². The van der Waals surface area contributed by atoms with Gasteiger partial charge < -0.3 is 5.11 Å². The quantitative estimate of drug-likeness (QED) is 0.840. The van der Waals surface area contributed by atoms with Gasteiger partial charge in [-0.3, -0.25) is 0 Å². The Morgan fingerprint density at radius 3 is 2.88 bits per heavy atom. The van der Waals surface area contributed by atoms with Crippen molar-refractivity contribution in [3.8, 4) is 0 Å². The number of aromatic carboxylic acids is 1. The predicted octanol–water partition coefficient (Wildman–Crippen LogP) is 3.74. The summed E-state index contributed by atoms with van der Waals surface area (Å²) in [6.07, 6.45) is 0. The summed E-state index contributed by atoms with van der Waals surface area (Å²) in [5, 5.41) is 10.9. The number of carboxylic acid groups (broad SMARTS) is 1. The van der Waals surface area contributed by atoms with Crippen LogP contribution < -0.4 is 0 Å². The van der Waals surface area contributed by atoms with Gasteiger partial charge in [0.25, 0.3) is 0 Å². The molecule has 0 aliphatic carbocycles. The number of carbonyl (C=O) groups is 1. The maximum atomic E-state index is 10.8. The normalized spacial score (nSPS) is 10.2. The van der Waals surface area contributed by atoms with Gasteiger partial charge in [-0.25, -0.2) is 4.79 Å². The Bertz CT molecular complexity index is 478. The Hall–Kier alpha value is -1.26. The lowest BCUT2D eigenvalue weighted by molar-refractivity contribution is 0.0697. The van der Waals surface area contributed by atoms with Gasteiger partial charge in [0.1, 0.15) is 0 Å². The van der Waals surface area contributed by atoms with E-state index in [1.165, 1.54) is 4.21 Å². The van der Waals surface area contributed by atoms with Gasteiger partial charge in [-0.1, -0.05) is 18.2 Å². The molecule has 2 aromatic rings. The van der Waals surface area contributed by atoms with Crippen LogP contribution in [0.15, 0.2) is 46.0 Å². The third-order valence-corrected chi connectivity index (χ3v) is 4.25. The molecule has 1 aromatic carbocycles. The minimum absolute atomic E-state index is 0.351. The van der Waals surface area contributed by atoms with Crippen LogP contribution in [0, 0.1) is 0 Å². The van der Waals surface area contributed by atoms with Crippen LogP contribution in [0.1, 0.15) is 15.9 Å². The lowest BCUT2D eigenvalue weighted by Crippen LogP contribution is -1.96. The average molecular weight is 250 g/mol. The van der Waals surface area contributed by atoms with Gasteiger partial charge in [-0.15, -0.1) is 23.1 Å². The third kappa shape index (κ3) is 2.87. The van der Waals surface area contributed by atoms with Crippen molar-refractivity contribution in [2.45, 2.75) is 9.96 Å². The molecule has 2 nitrogen and oxygen atoms in total. The van der Waals surface area contributed by atoms with E-state index in [2.05, 4.69) is 6.07 Å². The monoisotopic (exact) mass is 250 g/mol. The van der Waals surface area contributed by atoms with E-state index in [9.17, 15) is 4.79 Å². The van der Waals surface area contributed by atoms with Crippen LogP contribution >= 0.6 is 23.1 Å². The first-order chi connectivity index (χ1) is 7.75. The summed E-state index contributed by atoms with van der Waals surface area (Å²) in [4.78, 5) is 10.8. The van der Waals surface area contributed by atoms with E-state index in [0.29, 0.717) is 5.56 Å². The van der Waals surface area contributed by atoms with Crippen molar-refractivity contribution in [1.82, 2.24) is 0 Å². The summed E-state index contributed by atoms with van der Waals surface area (Å²) in [5.41, 5.74) is 1.39. The van der Waals surface area contributed by atoms with Crippen LogP contribution in [0.5, 0.6) is 0 Å². The number of carboxylic acids is 1. The van der Waals surface area contributed by atoms with Gasteiger partial charge in [-0.05, 0) is 29.1 Å². The standard InChI is InChI=1S/C12H10O2S2/c13-12(14)10-4-1-3-9(7-10)8-16-11-5-2-6-15-11/h1-7H,8H2,(H,13,14). The zero-order valence-electron chi connectivity index (χ0n) is 8.42. The molecule has 4 heteroatoms. The molecule has 1 heterocycles. The SMILES string of the molecule is O=C(O)c1cccc(CSc2cccs2)c1. The first kappa shape index (κ1) is 11.2. The fourth-order valence-corrected chi connectivity index (χ4v) is 3.02. The molecule has 0 aliphatic rings. The van der Waals surface area contributed by atoms with Crippen molar-refractivity contribution in [3.05, 3.63) is 52.9 Å². The van der Waals surface area contributed by atoms with E-state index in [0.717, 1.165) is 11.3 Å². The smallest absolute Gasteiger partial charge is 0.335 e. The van der Waals surface area contributed by atoms with E-state index >= 15 is 0 Å². The van der Waals surface area contributed by atoms with Crippen LogP contribution in [0.2, 0.25) is 0 Å². The van der Waals surface area contributed by atoms with Crippen LogP contribution in [0.4, 0.5) is 0 Å². The predicted molar refractivity (Wildman–Crippen MR) is 67.3 cm³/mol. The van der Waals surface area contributed by atoms with Gasteiger partial charge in [0.2, 0.25) is 0 Å². The summed E-state index contributed by atoms with van der Waals surface area (Å²) < 4.78 is 1.25. The molecule has 1 aromatic heterocycles. The summed E-state index contributed by atoms with van der Waals surface area (Å²) in [5.74, 6) is -0.0651. The average Bonchev–Trinajstić information content (AvgIpc) is 2.79. The Balaban J connectivity index is 2.04. The molecule has 1 N–H and O–H groups in total. The van der Waals surface area contributed by atoms with Gasteiger partial charge in [-0.2, -0.15) is 0 Å².